The fraction of sp³-hybridized carbons (Fsp3) is 0.846. The quantitative estimate of drug-likeness (QED) is 0.178. The van der Waals surface area contributed by atoms with Gasteiger partial charge < -0.3 is 18.9 Å². The molecule has 34 heavy (non-hydrogen) atoms. The minimum absolute atomic E-state index is 0.00297. The second-order valence-corrected chi connectivity index (χ2v) is 8.98. The molecule has 1 aliphatic rings. The van der Waals surface area contributed by atoms with Gasteiger partial charge >= 0.3 is 23.9 Å². The van der Waals surface area contributed by atoms with Crippen LogP contribution in [0.25, 0.3) is 0 Å². The lowest BCUT2D eigenvalue weighted by Crippen LogP contribution is -2.46. The summed E-state index contributed by atoms with van der Waals surface area (Å²) in [5, 5.41) is 0. The largest absolute Gasteiger partial charge is 0.465 e. The molecule has 0 heterocycles. The maximum atomic E-state index is 12.9. The van der Waals surface area contributed by atoms with Gasteiger partial charge in [-0.05, 0) is 38.5 Å². The Kier molecular flexibility index (Phi) is 15.3. The normalized spacial score (nSPS) is 22.0. The summed E-state index contributed by atoms with van der Waals surface area (Å²) < 4.78 is 21.7. The highest BCUT2D eigenvalue weighted by Crippen LogP contribution is 2.41. The maximum Gasteiger partial charge on any atom is 0.309 e. The Hall–Kier alpha value is -2.12. The third kappa shape index (κ3) is 10.0. The first-order valence-electron chi connectivity index (χ1n) is 13.1. The van der Waals surface area contributed by atoms with E-state index in [1.807, 2.05) is 27.7 Å². The SMILES string of the molecule is CCCCOC(=O)C1CC(C(=O)OCCCC)C(C(=O)OCCCC)CC1C(=O)OCCCC. The molecule has 0 spiro atoms. The van der Waals surface area contributed by atoms with Crippen LogP contribution < -0.4 is 0 Å². The third-order valence-electron chi connectivity index (χ3n) is 6.17. The molecule has 8 heteroatoms. The van der Waals surface area contributed by atoms with Crippen molar-refractivity contribution in [2.24, 2.45) is 23.7 Å². The number of hydrogen-bond donors (Lipinski definition) is 0. The van der Waals surface area contributed by atoms with Gasteiger partial charge in [-0.1, -0.05) is 53.4 Å². The van der Waals surface area contributed by atoms with Crippen LogP contribution in [0, 0.1) is 23.7 Å². The van der Waals surface area contributed by atoms with Crippen molar-refractivity contribution in [3.63, 3.8) is 0 Å². The molecule has 0 N–H and O–H groups in total. The van der Waals surface area contributed by atoms with Crippen LogP contribution >= 0.6 is 0 Å². The van der Waals surface area contributed by atoms with Gasteiger partial charge in [0.25, 0.3) is 0 Å². The Morgan fingerprint density at radius 3 is 0.853 bits per heavy atom. The molecular weight excluding hydrogens is 440 g/mol. The van der Waals surface area contributed by atoms with Crippen molar-refractivity contribution in [1.29, 1.82) is 0 Å². The molecule has 1 fully saturated rings. The predicted molar refractivity (Wildman–Crippen MR) is 127 cm³/mol. The topological polar surface area (TPSA) is 105 Å². The van der Waals surface area contributed by atoms with Crippen molar-refractivity contribution < 1.29 is 38.1 Å². The van der Waals surface area contributed by atoms with Gasteiger partial charge in [0.15, 0.2) is 0 Å². The number of rotatable bonds is 16. The van der Waals surface area contributed by atoms with Gasteiger partial charge in [-0.25, -0.2) is 0 Å². The molecule has 1 saturated carbocycles. The summed E-state index contributed by atoms with van der Waals surface area (Å²) in [5.41, 5.74) is 0. The molecule has 0 aromatic carbocycles. The standard InChI is InChI=1S/C26H44O8/c1-5-9-13-31-23(27)19-17-21(25(29)33-15-11-7-3)22(26(30)34-16-12-8-4)18-20(19)24(28)32-14-10-6-2/h19-22H,5-18H2,1-4H3. The Balaban J connectivity index is 3.13. The molecule has 0 aliphatic heterocycles. The minimum atomic E-state index is -0.866. The summed E-state index contributed by atoms with van der Waals surface area (Å²) in [6.45, 7) is 8.93. The monoisotopic (exact) mass is 484 g/mol. The number of esters is 4. The van der Waals surface area contributed by atoms with E-state index in [-0.39, 0.29) is 39.3 Å². The highest BCUT2D eigenvalue weighted by molar-refractivity contribution is 5.87. The summed E-state index contributed by atoms with van der Waals surface area (Å²) in [6.07, 6.45) is 6.26. The predicted octanol–water partition coefficient (Wildman–Crippen LogP) is 4.62. The minimum Gasteiger partial charge on any atom is -0.465 e. The summed E-state index contributed by atoms with van der Waals surface area (Å²) in [7, 11) is 0. The Morgan fingerprint density at radius 1 is 0.471 bits per heavy atom. The van der Waals surface area contributed by atoms with Crippen molar-refractivity contribution in [2.45, 2.75) is 91.9 Å². The van der Waals surface area contributed by atoms with Crippen molar-refractivity contribution in [1.82, 2.24) is 0 Å². The number of ether oxygens (including phenoxy) is 4. The van der Waals surface area contributed by atoms with E-state index in [0.717, 1.165) is 25.7 Å². The van der Waals surface area contributed by atoms with Gasteiger partial charge in [-0.2, -0.15) is 0 Å². The molecule has 0 saturated heterocycles. The Bertz CT molecular complexity index is 526. The van der Waals surface area contributed by atoms with E-state index in [0.29, 0.717) is 25.7 Å². The second-order valence-electron chi connectivity index (χ2n) is 8.98. The van der Waals surface area contributed by atoms with Crippen LogP contribution in [0.1, 0.15) is 91.9 Å². The van der Waals surface area contributed by atoms with Gasteiger partial charge in [0.1, 0.15) is 0 Å². The van der Waals surface area contributed by atoms with Crippen LogP contribution in [0.2, 0.25) is 0 Å². The van der Waals surface area contributed by atoms with E-state index in [1.54, 1.807) is 0 Å². The molecule has 8 nitrogen and oxygen atoms in total. The second kappa shape index (κ2) is 17.3. The van der Waals surface area contributed by atoms with E-state index in [9.17, 15) is 19.2 Å². The van der Waals surface area contributed by atoms with E-state index in [2.05, 4.69) is 0 Å². The molecular formula is C26H44O8. The van der Waals surface area contributed by atoms with Crippen molar-refractivity contribution in [3.8, 4) is 0 Å². The van der Waals surface area contributed by atoms with Gasteiger partial charge in [-0.3, -0.25) is 19.2 Å². The van der Waals surface area contributed by atoms with Crippen LogP contribution in [0.5, 0.6) is 0 Å². The summed E-state index contributed by atoms with van der Waals surface area (Å²) >= 11 is 0. The smallest absolute Gasteiger partial charge is 0.309 e. The molecule has 4 atom stereocenters. The number of unbranched alkanes of at least 4 members (excludes halogenated alkanes) is 4. The summed E-state index contributed by atoms with van der Waals surface area (Å²) in [6, 6.07) is 0. The van der Waals surface area contributed by atoms with E-state index >= 15 is 0 Å². The average Bonchev–Trinajstić information content (AvgIpc) is 2.83. The number of carbonyl (C=O) groups is 4. The van der Waals surface area contributed by atoms with Crippen LogP contribution in [0.15, 0.2) is 0 Å². The first kappa shape index (κ1) is 29.9. The lowest BCUT2D eigenvalue weighted by Gasteiger charge is -2.37. The zero-order chi connectivity index (χ0) is 25.3. The molecule has 196 valence electrons. The Labute approximate surface area is 204 Å². The van der Waals surface area contributed by atoms with E-state index in [1.165, 1.54) is 0 Å². The molecule has 1 aliphatic carbocycles. The molecule has 0 aromatic heterocycles. The fourth-order valence-electron chi connectivity index (χ4n) is 3.94. The van der Waals surface area contributed by atoms with Crippen molar-refractivity contribution >= 4 is 23.9 Å². The average molecular weight is 485 g/mol. The first-order chi connectivity index (χ1) is 16.4. The van der Waals surface area contributed by atoms with E-state index in [4.69, 9.17) is 18.9 Å². The van der Waals surface area contributed by atoms with Crippen LogP contribution in [-0.4, -0.2) is 50.3 Å². The van der Waals surface area contributed by atoms with Gasteiger partial charge in [0.05, 0.1) is 50.1 Å². The van der Waals surface area contributed by atoms with Crippen LogP contribution in [-0.2, 0) is 38.1 Å². The van der Waals surface area contributed by atoms with Gasteiger partial charge in [-0.15, -0.1) is 0 Å². The van der Waals surface area contributed by atoms with Crippen molar-refractivity contribution in [2.75, 3.05) is 26.4 Å². The zero-order valence-electron chi connectivity index (χ0n) is 21.5. The molecule has 0 amide bonds. The molecule has 4 unspecified atom stereocenters. The van der Waals surface area contributed by atoms with Gasteiger partial charge in [0, 0.05) is 0 Å². The number of carbonyl (C=O) groups excluding carboxylic acids is 4. The highest BCUT2D eigenvalue weighted by atomic mass is 16.5. The zero-order valence-corrected chi connectivity index (χ0v) is 21.5. The van der Waals surface area contributed by atoms with Crippen molar-refractivity contribution in [3.05, 3.63) is 0 Å². The molecule has 0 bridgehead atoms. The van der Waals surface area contributed by atoms with E-state index < -0.39 is 47.5 Å². The lowest BCUT2D eigenvalue weighted by atomic mass is 9.68. The molecule has 0 radical (unpaired) electrons. The van der Waals surface area contributed by atoms with Crippen LogP contribution in [0.4, 0.5) is 0 Å². The maximum absolute atomic E-state index is 12.9. The lowest BCUT2D eigenvalue weighted by molar-refractivity contribution is -0.175. The highest BCUT2D eigenvalue weighted by Gasteiger charge is 2.51. The van der Waals surface area contributed by atoms with Gasteiger partial charge in [0.2, 0.25) is 0 Å². The first-order valence-corrected chi connectivity index (χ1v) is 13.1. The molecule has 1 rings (SSSR count). The summed E-state index contributed by atoms with van der Waals surface area (Å²) in [4.78, 5) is 51.7. The number of hydrogen-bond acceptors (Lipinski definition) is 8. The third-order valence-corrected chi connectivity index (χ3v) is 6.17. The summed E-state index contributed by atoms with van der Waals surface area (Å²) in [5.74, 6) is -5.59. The molecule has 0 aromatic rings. The fourth-order valence-corrected chi connectivity index (χ4v) is 3.94. The Morgan fingerprint density at radius 2 is 0.676 bits per heavy atom. The van der Waals surface area contributed by atoms with Crippen LogP contribution in [0.3, 0.4) is 0 Å².